The molecular weight excluding hydrogens is 325 g/mol. The number of carbonyl (C=O) groups excluding carboxylic acids is 1. The number of amides is 2. The van der Waals surface area contributed by atoms with Crippen LogP contribution in [0.15, 0.2) is 23.1 Å². The van der Waals surface area contributed by atoms with E-state index in [0.717, 1.165) is 0 Å². The van der Waals surface area contributed by atoms with Crippen molar-refractivity contribution in [3.05, 3.63) is 23.8 Å². The molecule has 21 heavy (non-hydrogen) atoms. The molecule has 0 aliphatic carbocycles. The largest absolute Gasteiger partial charge is 0.446 e. The molecule has 0 aromatic heterocycles. The van der Waals surface area contributed by atoms with Crippen molar-refractivity contribution in [1.29, 1.82) is 0 Å². The first-order valence-corrected chi connectivity index (χ1v) is 8.43. The highest BCUT2D eigenvalue weighted by Crippen LogP contribution is 2.40. The van der Waals surface area contributed by atoms with Gasteiger partial charge < -0.3 is 10.6 Å². The van der Waals surface area contributed by atoms with Gasteiger partial charge in [-0.2, -0.15) is 13.2 Å². The normalized spacial score (nSPS) is 12.8. The SMILES string of the molecule is Cc1ccc(NC(=O)NCCS(C)=O)c(SC(F)(F)F)c1. The Morgan fingerprint density at radius 2 is 2.05 bits per heavy atom. The Kier molecular flexibility index (Phi) is 6.53. The van der Waals surface area contributed by atoms with Crippen LogP contribution in [0.5, 0.6) is 0 Å². The monoisotopic (exact) mass is 340 g/mol. The van der Waals surface area contributed by atoms with E-state index >= 15 is 0 Å². The molecule has 1 atom stereocenters. The molecule has 118 valence electrons. The third-order valence-electron chi connectivity index (χ3n) is 2.29. The fourth-order valence-electron chi connectivity index (χ4n) is 1.42. The molecule has 1 aromatic carbocycles. The number of nitrogens with one attached hydrogen (secondary N) is 2. The number of alkyl halides is 3. The van der Waals surface area contributed by atoms with Gasteiger partial charge in [0.2, 0.25) is 0 Å². The Bertz CT molecular complexity index is 536. The molecule has 0 saturated heterocycles. The summed E-state index contributed by atoms with van der Waals surface area (Å²) in [6.45, 7) is 1.85. The lowest BCUT2D eigenvalue weighted by atomic mass is 10.2. The summed E-state index contributed by atoms with van der Waals surface area (Å²) >= 11 is -0.279. The van der Waals surface area contributed by atoms with Crippen molar-refractivity contribution < 1.29 is 22.2 Å². The first kappa shape index (κ1) is 17.8. The summed E-state index contributed by atoms with van der Waals surface area (Å²) in [5.41, 5.74) is -3.69. The third kappa shape index (κ3) is 7.37. The molecule has 2 amide bonds. The van der Waals surface area contributed by atoms with Crippen molar-refractivity contribution in [1.82, 2.24) is 5.32 Å². The summed E-state index contributed by atoms with van der Waals surface area (Å²) < 4.78 is 48.3. The van der Waals surface area contributed by atoms with Crippen molar-refractivity contribution >= 4 is 34.3 Å². The molecule has 1 aromatic rings. The Morgan fingerprint density at radius 3 is 2.62 bits per heavy atom. The van der Waals surface area contributed by atoms with Crippen molar-refractivity contribution in [2.45, 2.75) is 17.3 Å². The van der Waals surface area contributed by atoms with Gasteiger partial charge in [-0.25, -0.2) is 4.79 Å². The van der Waals surface area contributed by atoms with Crippen LogP contribution >= 0.6 is 11.8 Å². The maximum atomic E-state index is 12.5. The zero-order chi connectivity index (χ0) is 16.0. The van der Waals surface area contributed by atoms with E-state index in [1.807, 2.05) is 0 Å². The smallest absolute Gasteiger partial charge is 0.337 e. The predicted molar refractivity (Wildman–Crippen MR) is 79.0 cm³/mol. The highest BCUT2D eigenvalue weighted by atomic mass is 32.2. The molecule has 0 bridgehead atoms. The van der Waals surface area contributed by atoms with Crippen LogP contribution in [0.1, 0.15) is 5.56 Å². The second-order valence-corrected chi connectivity index (χ2v) is 6.87. The number of urea groups is 1. The zero-order valence-electron chi connectivity index (χ0n) is 11.4. The predicted octanol–water partition coefficient (Wildman–Crippen LogP) is 3.11. The number of aryl methyl sites for hydroxylation is 1. The van der Waals surface area contributed by atoms with Crippen LogP contribution < -0.4 is 10.6 Å². The topological polar surface area (TPSA) is 58.2 Å². The fourth-order valence-corrected chi connectivity index (χ4v) is 2.53. The summed E-state index contributed by atoms with van der Waals surface area (Å²) in [4.78, 5) is 11.5. The van der Waals surface area contributed by atoms with Gasteiger partial charge in [0, 0.05) is 34.2 Å². The van der Waals surface area contributed by atoms with Crippen molar-refractivity contribution in [3.8, 4) is 0 Å². The number of halogens is 3. The number of hydrogen-bond acceptors (Lipinski definition) is 3. The van der Waals surface area contributed by atoms with Crippen LogP contribution in [0, 0.1) is 6.92 Å². The van der Waals surface area contributed by atoms with Crippen molar-refractivity contribution in [3.63, 3.8) is 0 Å². The summed E-state index contributed by atoms with van der Waals surface area (Å²) in [5, 5.41) is 4.80. The van der Waals surface area contributed by atoms with Gasteiger partial charge in [-0.3, -0.25) is 4.21 Å². The molecule has 9 heteroatoms. The summed E-state index contributed by atoms with van der Waals surface area (Å²) in [6, 6.07) is 3.75. The van der Waals surface area contributed by atoms with E-state index in [0.29, 0.717) is 5.56 Å². The van der Waals surface area contributed by atoms with Crippen LogP contribution in [-0.4, -0.2) is 34.3 Å². The second-order valence-electron chi connectivity index (χ2n) is 4.21. The van der Waals surface area contributed by atoms with E-state index in [1.54, 1.807) is 13.0 Å². The van der Waals surface area contributed by atoms with Crippen molar-refractivity contribution in [2.75, 3.05) is 23.9 Å². The molecule has 0 aliphatic heterocycles. The Hall–Kier alpha value is -1.22. The van der Waals surface area contributed by atoms with Crippen LogP contribution in [-0.2, 0) is 10.8 Å². The van der Waals surface area contributed by atoms with Gasteiger partial charge in [-0.15, -0.1) is 0 Å². The summed E-state index contributed by atoms with van der Waals surface area (Å²) in [5.74, 6) is 0.283. The molecular formula is C12H15F3N2O2S2. The van der Waals surface area contributed by atoms with E-state index < -0.39 is 22.3 Å². The number of thioether (sulfide) groups is 1. The summed E-state index contributed by atoms with van der Waals surface area (Å²) in [7, 11) is -1.04. The number of carbonyl (C=O) groups is 1. The van der Waals surface area contributed by atoms with Gasteiger partial charge in [-0.1, -0.05) is 6.07 Å². The van der Waals surface area contributed by atoms with E-state index in [2.05, 4.69) is 10.6 Å². The molecule has 1 unspecified atom stereocenters. The quantitative estimate of drug-likeness (QED) is 0.810. The minimum atomic E-state index is -4.43. The minimum absolute atomic E-state index is 0.0725. The lowest BCUT2D eigenvalue weighted by molar-refractivity contribution is -0.0328. The molecule has 2 N–H and O–H groups in total. The zero-order valence-corrected chi connectivity index (χ0v) is 13.0. The maximum absolute atomic E-state index is 12.5. The maximum Gasteiger partial charge on any atom is 0.446 e. The molecule has 4 nitrogen and oxygen atoms in total. The Labute approximate surface area is 127 Å². The molecule has 0 radical (unpaired) electrons. The highest BCUT2D eigenvalue weighted by Gasteiger charge is 2.30. The molecule has 0 saturated carbocycles. The third-order valence-corrected chi connectivity index (χ3v) is 3.85. The van der Waals surface area contributed by atoms with Crippen LogP contribution in [0.2, 0.25) is 0 Å². The number of benzene rings is 1. The lowest BCUT2D eigenvalue weighted by Crippen LogP contribution is -2.32. The number of rotatable bonds is 5. The second kappa shape index (κ2) is 7.69. The van der Waals surface area contributed by atoms with Gasteiger partial charge in [0.25, 0.3) is 0 Å². The van der Waals surface area contributed by atoms with Gasteiger partial charge in [0.15, 0.2) is 0 Å². The molecule has 0 spiro atoms. The molecule has 1 rings (SSSR count). The fraction of sp³-hybridized carbons (Fsp3) is 0.417. The van der Waals surface area contributed by atoms with Gasteiger partial charge in [0.1, 0.15) is 0 Å². The van der Waals surface area contributed by atoms with E-state index in [4.69, 9.17) is 0 Å². The van der Waals surface area contributed by atoms with Gasteiger partial charge in [-0.05, 0) is 36.4 Å². The van der Waals surface area contributed by atoms with Crippen LogP contribution in [0.25, 0.3) is 0 Å². The number of anilines is 1. The van der Waals surface area contributed by atoms with Crippen LogP contribution in [0.3, 0.4) is 0 Å². The van der Waals surface area contributed by atoms with E-state index in [-0.39, 0.29) is 34.6 Å². The Morgan fingerprint density at radius 1 is 1.38 bits per heavy atom. The number of hydrogen-bond donors (Lipinski definition) is 2. The highest BCUT2D eigenvalue weighted by molar-refractivity contribution is 8.00. The average Bonchev–Trinajstić information content (AvgIpc) is 2.30. The molecule has 0 heterocycles. The van der Waals surface area contributed by atoms with Gasteiger partial charge in [0.05, 0.1) is 5.69 Å². The first-order chi connectivity index (χ1) is 9.67. The average molecular weight is 340 g/mol. The Balaban J connectivity index is 2.73. The molecule has 0 aliphatic rings. The van der Waals surface area contributed by atoms with E-state index in [9.17, 15) is 22.2 Å². The molecule has 0 fully saturated rings. The van der Waals surface area contributed by atoms with E-state index in [1.165, 1.54) is 18.4 Å². The van der Waals surface area contributed by atoms with Crippen molar-refractivity contribution in [2.24, 2.45) is 0 Å². The standard InChI is InChI=1S/C12H15F3N2O2S2/c1-8-3-4-9(10(7-8)20-12(13,14)15)17-11(18)16-5-6-21(2)19/h3-4,7H,5-6H2,1-2H3,(H2,16,17,18). The summed E-state index contributed by atoms with van der Waals surface area (Å²) in [6.07, 6.45) is 1.50. The lowest BCUT2D eigenvalue weighted by Gasteiger charge is -2.13. The minimum Gasteiger partial charge on any atom is -0.337 e. The first-order valence-electron chi connectivity index (χ1n) is 5.88. The van der Waals surface area contributed by atoms with Gasteiger partial charge >= 0.3 is 11.5 Å². The van der Waals surface area contributed by atoms with Crippen LogP contribution in [0.4, 0.5) is 23.7 Å².